The summed E-state index contributed by atoms with van der Waals surface area (Å²) in [6.07, 6.45) is 10.0. The average Bonchev–Trinajstić information content (AvgIpc) is 2.42. The van der Waals surface area contributed by atoms with Gasteiger partial charge in [0, 0.05) is 19.0 Å². The Hall–Kier alpha value is -0.800. The standard InChI is InChI=1S/C15H20ClNO2/c16-14-13(5-4-9-17-14)19-12-6-10-18-15(11-12)7-2-1-3-8-15/h4-5,9,12H,1-3,6-8,10-11H2. The lowest BCUT2D eigenvalue weighted by Crippen LogP contribution is -2.45. The van der Waals surface area contributed by atoms with Crippen molar-refractivity contribution in [1.29, 1.82) is 0 Å². The van der Waals surface area contributed by atoms with E-state index in [-0.39, 0.29) is 11.7 Å². The van der Waals surface area contributed by atoms with Crippen LogP contribution in [0.1, 0.15) is 44.9 Å². The van der Waals surface area contributed by atoms with E-state index in [0.29, 0.717) is 10.9 Å². The maximum absolute atomic E-state index is 6.08. The van der Waals surface area contributed by atoms with E-state index in [9.17, 15) is 0 Å². The Bertz CT molecular complexity index is 426. The largest absolute Gasteiger partial charge is 0.487 e. The Balaban J connectivity index is 1.67. The van der Waals surface area contributed by atoms with Crippen LogP contribution in [-0.2, 0) is 4.74 Å². The maximum atomic E-state index is 6.08. The van der Waals surface area contributed by atoms with Gasteiger partial charge in [-0.25, -0.2) is 4.98 Å². The van der Waals surface area contributed by atoms with Crippen molar-refractivity contribution in [2.45, 2.75) is 56.7 Å². The number of rotatable bonds is 2. The van der Waals surface area contributed by atoms with Crippen LogP contribution < -0.4 is 4.74 Å². The lowest BCUT2D eigenvalue weighted by molar-refractivity contribution is -0.129. The van der Waals surface area contributed by atoms with Crippen LogP contribution in [0.4, 0.5) is 0 Å². The molecule has 0 bridgehead atoms. The van der Waals surface area contributed by atoms with Gasteiger partial charge in [0.25, 0.3) is 0 Å². The number of nitrogens with zero attached hydrogens (tertiary/aromatic N) is 1. The van der Waals surface area contributed by atoms with Gasteiger partial charge in [0.05, 0.1) is 12.2 Å². The van der Waals surface area contributed by atoms with E-state index in [4.69, 9.17) is 21.1 Å². The summed E-state index contributed by atoms with van der Waals surface area (Å²) in [6.45, 7) is 0.794. The lowest BCUT2D eigenvalue weighted by atomic mass is 9.79. The second kappa shape index (κ2) is 5.68. The molecule has 2 aliphatic rings. The van der Waals surface area contributed by atoms with E-state index in [1.54, 1.807) is 6.20 Å². The van der Waals surface area contributed by atoms with Crippen molar-refractivity contribution in [3.63, 3.8) is 0 Å². The minimum Gasteiger partial charge on any atom is -0.487 e. The Morgan fingerprint density at radius 2 is 2.16 bits per heavy atom. The van der Waals surface area contributed by atoms with Gasteiger partial charge in [-0.2, -0.15) is 0 Å². The van der Waals surface area contributed by atoms with Crippen molar-refractivity contribution >= 4 is 11.6 Å². The van der Waals surface area contributed by atoms with E-state index in [1.807, 2.05) is 12.1 Å². The third-order valence-corrected chi connectivity index (χ3v) is 4.51. The van der Waals surface area contributed by atoms with Crippen molar-refractivity contribution in [3.05, 3.63) is 23.5 Å². The summed E-state index contributed by atoms with van der Waals surface area (Å²) >= 11 is 6.05. The number of halogens is 1. The molecule has 1 unspecified atom stereocenters. The SMILES string of the molecule is Clc1ncccc1OC1CCOC2(CCCCC2)C1. The highest BCUT2D eigenvalue weighted by Crippen LogP contribution is 2.39. The summed E-state index contributed by atoms with van der Waals surface area (Å²) < 4.78 is 12.1. The Labute approximate surface area is 119 Å². The summed E-state index contributed by atoms with van der Waals surface area (Å²) in [7, 11) is 0. The first kappa shape index (κ1) is 13.2. The van der Waals surface area contributed by atoms with Crippen molar-refractivity contribution in [2.24, 2.45) is 0 Å². The Kier molecular flexibility index (Phi) is 3.94. The number of hydrogen-bond acceptors (Lipinski definition) is 3. The highest BCUT2D eigenvalue weighted by Gasteiger charge is 2.39. The molecular weight excluding hydrogens is 262 g/mol. The summed E-state index contributed by atoms with van der Waals surface area (Å²) in [5.41, 5.74) is 0.0653. The molecule has 19 heavy (non-hydrogen) atoms. The van der Waals surface area contributed by atoms with Gasteiger partial charge in [-0.1, -0.05) is 30.9 Å². The molecule has 1 atom stereocenters. The van der Waals surface area contributed by atoms with Crippen LogP contribution in [0.5, 0.6) is 5.75 Å². The van der Waals surface area contributed by atoms with Crippen LogP contribution in [0.15, 0.2) is 18.3 Å². The summed E-state index contributed by atoms with van der Waals surface area (Å²) in [4.78, 5) is 4.06. The number of hydrogen-bond donors (Lipinski definition) is 0. The third-order valence-electron chi connectivity index (χ3n) is 4.23. The fraction of sp³-hybridized carbons (Fsp3) is 0.667. The topological polar surface area (TPSA) is 31.4 Å². The van der Waals surface area contributed by atoms with Crippen molar-refractivity contribution < 1.29 is 9.47 Å². The molecule has 1 saturated heterocycles. The van der Waals surface area contributed by atoms with E-state index < -0.39 is 0 Å². The average molecular weight is 282 g/mol. The molecule has 0 N–H and O–H groups in total. The zero-order valence-corrected chi connectivity index (χ0v) is 11.9. The molecule has 0 amide bonds. The van der Waals surface area contributed by atoms with E-state index in [0.717, 1.165) is 19.4 Å². The van der Waals surface area contributed by atoms with E-state index in [2.05, 4.69) is 4.98 Å². The van der Waals surface area contributed by atoms with Gasteiger partial charge in [0.1, 0.15) is 6.10 Å². The summed E-state index contributed by atoms with van der Waals surface area (Å²) in [5, 5.41) is 0.451. The van der Waals surface area contributed by atoms with Gasteiger partial charge < -0.3 is 9.47 Å². The molecule has 1 saturated carbocycles. The van der Waals surface area contributed by atoms with Crippen molar-refractivity contribution in [2.75, 3.05) is 6.61 Å². The smallest absolute Gasteiger partial charge is 0.171 e. The first-order valence-electron chi connectivity index (χ1n) is 7.19. The monoisotopic (exact) mass is 281 g/mol. The van der Waals surface area contributed by atoms with Gasteiger partial charge in [0.15, 0.2) is 10.9 Å². The van der Waals surface area contributed by atoms with Gasteiger partial charge >= 0.3 is 0 Å². The molecule has 4 heteroatoms. The quantitative estimate of drug-likeness (QED) is 0.768. The van der Waals surface area contributed by atoms with Gasteiger partial charge in [-0.3, -0.25) is 0 Å². The molecule has 1 aromatic heterocycles. The van der Waals surface area contributed by atoms with E-state index in [1.165, 1.54) is 32.1 Å². The molecule has 2 fully saturated rings. The van der Waals surface area contributed by atoms with Crippen molar-refractivity contribution in [3.8, 4) is 5.75 Å². The molecule has 104 valence electrons. The molecule has 0 radical (unpaired) electrons. The molecule has 1 aliphatic heterocycles. The van der Waals surface area contributed by atoms with Crippen LogP contribution in [0.3, 0.4) is 0 Å². The molecule has 1 aromatic rings. The minimum absolute atomic E-state index is 0.0653. The van der Waals surface area contributed by atoms with Gasteiger partial charge in [0.2, 0.25) is 0 Å². The normalized spacial score (nSPS) is 26.3. The maximum Gasteiger partial charge on any atom is 0.171 e. The number of aromatic nitrogens is 1. The van der Waals surface area contributed by atoms with E-state index >= 15 is 0 Å². The second-order valence-electron chi connectivity index (χ2n) is 5.62. The molecule has 1 spiro atoms. The van der Waals surface area contributed by atoms with Gasteiger partial charge in [-0.05, 0) is 25.0 Å². The Morgan fingerprint density at radius 3 is 2.95 bits per heavy atom. The first-order chi connectivity index (χ1) is 9.27. The fourth-order valence-corrected chi connectivity index (χ4v) is 3.43. The minimum atomic E-state index is 0.0653. The third kappa shape index (κ3) is 3.03. The zero-order valence-electron chi connectivity index (χ0n) is 11.1. The fourth-order valence-electron chi connectivity index (χ4n) is 3.27. The number of ether oxygens (including phenoxy) is 2. The zero-order chi connectivity index (χ0) is 13.1. The molecule has 1 aliphatic carbocycles. The molecule has 3 rings (SSSR count). The van der Waals surface area contributed by atoms with Crippen LogP contribution in [0.25, 0.3) is 0 Å². The van der Waals surface area contributed by atoms with Gasteiger partial charge in [-0.15, -0.1) is 0 Å². The predicted molar refractivity (Wildman–Crippen MR) is 74.7 cm³/mol. The highest BCUT2D eigenvalue weighted by molar-refractivity contribution is 6.30. The lowest BCUT2D eigenvalue weighted by Gasteiger charge is -2.43. The second-order valence-corrected chi connectivity index (χ2v) is 5.98. The molecule has 0 aromatic carbocycles. The predicted octanol–water partition coefficient (Wildman–Crippen LogP) is 4.00. The molecular formula is C15H20ClNO2. The van der Waals surface area contributed by atoms with Crippen LogP contribution in [-0.4, -0.2) is 23.3 Å². The summed E-state index contributed by atoms with van der Waals surface area (Å²) in [5.74, 6) is 0.696. The Morgan fingerprint density at radius 1 is 1.32 bits per heavy atom. The van der Waals surface area contributed by atoms with Crippen LogP contribution >= 0.6 is 11.6 Å². The van der Waals surface area contributed by atoms with Crippen LogP contribution in [0, 0.1) is 0 Å². The van der Waals surface area contributed by atoms with Crippen molar-refractivity contribution in [1.82, 2.24) is 4.98 Å². The van der Waals surface area contributed by atoms with Crippen LogP contribution in [0.2, 0.25) is 5.15 Å². The molecule has 2 heterocycles. The summed E-state index contributed by atoms with van der Waals surface area (Å²) in [6, 6.07) is 3.75. The highest BCUT2D eigenvalue weighted by atomic mass is 35.5. The number of pyridine rings is 1. The first-order valence-corrected chi connectivity index (χ1v) is 7.56. The molecule has 3 nitrogen and oxygen atoms in total.